The van der Waals surface area contributed by atoms with Gasteiger partial charge in [-0.05, 0) is 55.8 Å². The number of rotatable bonds is 5. The molecule has 158 valence electrons. The summed E-state index contributed by atoms with van der Waals surface area (Å²) in [6.45, 7) is 3.86. The SMILES string of the molecule is C/C(=N\NC(=O)c1cc(-c2ccccc2)nc(-c2ccc(F)cc2)c1)c1ccc(C)cc1. The molecular formula is C27H22FN3O. The molecule has 0 aliphatic rings. The number of nitrogens with zero attached hydrogens (tertiary/aromatic N) is 2. The molecule has 4 nitrogen and oxygen atoms in total. The molecule has 0 aliphatic carbocycles. The summed E-state index contributed by atoms with van der Waals surface area (Å²) in [6.07, 6.45) is 0. The van der Waals surface area contributed by atoms with Crippen molar-refractivity contribution < 1.29 is 9.18 Å². The predicted molar refractivity (Wildman–Crippen MR) is 126 cm³/mol. The maximum atomic E-state index is 13.4. The molecule has 4 aromatic rings. The lowest BCUT2D eigenvalue weighted by Crippen LogP contribution is -2.19. The van der Waals surface area contributed by atoms with Crippen LogP contribution in [0.15, 0.2) is 96.1 Å². The smallest absolute Gasteiger partial charge is 0.267 e. The Bertz CT molecular complexity index is 1260. The molecule has 32 heavy (non-hydrogen) atoms. The van der Waals surface area contributed by atoms with Gasteiger partial charge in [-0.25, -0.2) is 14.8 Å². The van der Waals surface area contributed by atoms with Gasteiger partial charge in [0.25, 0.3) is 5.91 Å². The standard InChI is InChI=1S/C27H22FN3O/c1-18-8-10-20(11-9-18)19(2)30-31-27(32)23-16-25(21-6-4-3-5-7-21)29-26(17-23)22-12-14-24(28)15-13-22/h3-17H,1-2H3,(H,31,32)/b30-19+. The molecule has 3 aromatic carbocycles. The monoisotopic (exact) mass is 423 g/mol. The van der Waals surface area contributed by atoms with Crippen molar-refractivity contribution >= 4 is 11.6 Å². The van der Waals surface area contributed by atoms with Crippen LogP contribution in [-0.2, 0) is 0 Å². The lowest BCUT2D eigenvalue weighted by atomic mass is 10.0. The minimum Gasteiger partial charge on any atom is -0.267 e. The highest BCUT2D eigenvalue weighted by Crippen LogP contribution is 2.25. The molecule has 5 heteroatoms. The minimum atomic E-state index is -0.348. The van der Waals surface area contributed by atoms with E-state index in [2.05, 4.69) is 10.5 Å². The van der Waals surface area contributed by atoms with E-state index in [0.717, 1.165) is 22.3 Å². The van der Waals surface area contributed by atoms with Crippen molar-refractivity contribution in [3.05, 3.63) is 114 Å². The van der Waals surface area contributed by atoms with Gasteiger partial charge in [-0.2, -0.15) is 5.10 Å². The van der Waals surface area contributed by atoms with Gasteiger partial charge in [-0.1, -0.05) is 60.2 Å². The molecule has 0 unspecified atom stereocenters. The molecule has 0 bridgehead atoms. The normalized spacial score (nSPS) is 11.3. The molecule has 0 spiro atoms. The Hall–Kier alpha value is -4.12. The maximum Gasteiger partial charge on any atom is 0.271 e. The highest BCUT2D eigenvalue weighted by molar-refractivity contribution is 6.01. The quantitative estimate of drug-likeness (QED) is 0.315. The van der Waals surface area contributed by atoms with E-state index in [0.29, 0.717) is 22.7 Å². The van der Waals surface area contributed by atoms with E-state index >= 15 is 0 Å². The summed E-state index contributed by atoms with van der Waals surface area (Å²) in [5, 5.41) is 4.26. The average molecular weight is 423 g/mol. The van der Waals surface area contributed by atoms with Crippen LogP contribution in [0.1, 0.15) is 28.4 Å². The van der Waals surface area contributed by atoms with Crippen LogP contribution in [0.3, 0.4) is 0 Å². The van der Waals surface area contributed by atoms with Crippen LogP contribution in [-0.4, -0.2) is 16.6 Å². The zero-order chi connectivity index (χ0) is 22.5. The highest BCUT2D eigenvalue weighted by Gasteiger charge is 2.13. The average Bonchev–Trinajstić information content (AvgIpc) is 2.83. The number of amides is 1. The third kappa shape index (κ3) is 4.95. The van der Waals surface area contributed by atoms with Crippen LogP contribution in [0.25, 0.3) is 22.5 Å². The fourth-order valence-corrected chi connectivity index (χ4v) is 3.25. The molecule has 1 aromatic heterocycles. The van der Waals surface area contributed by atoms with Crippen molar-refractivity contribution in [2.45, 2.75) is 13.8 Å². The summed E-state index contributed by atoms with van der Waals surface area (Å²) in [5.74, 6) is -0.675. The predicted octanol–water partition coefficient (Wildman–Crippen LogP) is 6.02. The van der Waals surface area contributed by atoms with E-state index < -0.39 is 0 Å². The topological polar surface area (TPSA) is 54.4 Å². The number of aryl methyl sites for hydroxylation is 1. The molecule has 0 saturated heterocycles. The van der Waals surface area contributed by atoms with Gasteiger partial charge in [0.05, 0.1) is 17.1 Å². The van der Waals surface area contributed by atoms with Crippen LogP contribution in [0.5, 0.6) is 0 Å². The van der Waals surface area contributed by atoms with Crippen molar-refractivity contribution in [1.82, 2.24) is 10.4 Å². The molecule has 0 aliphatic heterocycles. The largest absolute Gasteiger partial charge is 0.271 e. The van der Waals surface area contributed by atoms with E-state index in [9.17, 15) is 9.18 Å². The molecule has 0 saturated carbocycles. The third-order valence-electron chi connectivity index (χ3n) is 5.09. The van der Waals surface area contributed by atoms with Crippen LogP contribution in [0, 0.1) is 12.7 Å². The lowest BCUT2D eigenvalue weighted by Gasteiger charge is -2.10. The van der Waals surface area contributed by atoms with Crippen LogP contribution < -0.4 is 5.43 Å². The second-order valence-electron chi connectivity index (χ2n) is 7.50. The Balaban J connectivity index is 1.68. The fraction of sp³-hybridized carbons (Fsp3) is 0.0741. The van der Waals surface area contributed by atoms with Crippen molar-refractivity contribution in [3.8, 4) is 22.5 Å². The number of pyridine rings is 1. The van der Waals surface area contributed by atoms with Gasteiger partial charge in [-0.15, -0.1) is 0 Å². The molecule has 0 radical (unpaired) electrons. The second-order valence-corrected chi connectivity index (χ2v) is 7.50. The first-order valence-electron chi connectivity index (χ1n) is 10.2. The maximum absolute atomic E-state index is 13.4. The lowest BCUT2D eigenvalue weighted by molar-refractivity contribution is 0.0955. The van der Waals surface area contributed by atoms with Crippen molar-refractivity contribution in [3.63, 3.8) is 0 Å². The van der Waals surface area contributed by atoms with Crippen LogP contribution in [0.4, 0.5) is 4.39 Å². The number of carbonyl (C=O) groups excluding carboxylic acids is 1. The molecule has 0 atom stereocenters. The number of benzene rings is 3. The Kier molecular flexibility index (Phi) is 6.17. The second kappa shape index (κ2) is 9.35. The fourth-order valence-electron chi connectivity index (χ4n) is 3.25. The first-order chi connectivity index (χ1) is 15.5. The number of hydrazone groups is 1. The van der Waals surface area contributed by atoms with E-state index in [-0.39, 0.29) is 11.7 Å². The molecule has 4 rings (SSSR count). The molecule has 1 heterocycles. The van der Waals surface area contributed by atoms with Crippen LogP contribution >= 0.6 is 0 Å². The minimum absolute atomic E-state index is 0.327. The highest BCUT2D eigenvalue weighted by atomic mass is 19.1. The molecule has 1 amide bonds. The van der Waals surface area contributed by atoms with Crippen molar-refractivity contribution in [2.24, 2.45) is 5.10 Å². The number of halogens is 1. The zero-order valence-corrected chi connectivity index (χ0v) is 17.8. The first kappa shape index (κ1) is 21.1. The Morgan fingerprint density at radius 1 is 0.812 bits per heavy atom. The first-order valence-corrected chi connectivity index (χ1v) is 10.2. The van der Waals surface area contributed by atoms with Gasteiger partial charge < -0.3 is 0 Å². The molecule has 1 N–H and O–H groups in total. The van der Waals surface area contributed by atoms with Crippen molar-refractivity contribution in [1.29, 1.82) is 0 Å². The van der Waals surface area contributed by atoms with Gasteiger partial charge in [-0.3, -0.25) is 4.79 Å². The Morgan fingerprint density at radius 2 is 1.41 bits per heavy atom. The Labute approximate surface area is 186 Å². The summed E-state index contributed by atoms with van der Waals surface area (Å²) < 4.78 is 13.4. The summed E-state index contributed by atoms with van der Waals surface area (Å²) >= 11 is 0. The summed E-state index contributed by atoms with van der Waals surface area (Å²) in [5.41, 5.74) is 8.68. The van der Waals surface area contributed by atoms with Gasteiger partial charge >= 0.3 is 0 Å². The van der Waals surface area contributed by atoms with E-state index in [4.69, 9.17) is 4.98 Å². The van der Waals surface area contributed by atoms with Gasteiger partial charge in [0.1, 0.15) is 5.82 Å². The number of hydrogen-bond donors (Lipinski definition) is 1. The zero-order valence-electron chi connectivity index (χ0n) is 17.8. The molecular weight excluding hydrogens is 401 g/mol. The Morgan fingerprint density at radius 3 is 2.03 bits per heavy atom. The molecule has 0 fully saturated rings. The number of hydrogen-bond acceptors (Lipinski definition) is 3. The number of nitrogens with one attached hydrogen (secondary N) is 1. The number of aromatic nitrogens is 1. The van der Waals surface area contributed by atoms with E-state index in [1.54, 1.807) is 24.3 Å². The van der Waals surface area contributed by atoms with Crippen LogP contribution in [0.2, 0.25) is 0 Å². The third-order valence-corrected chi connectivity index (χ3v) is 5.09. The summed E-state index contributed by atoms with van der Waals surface area (Å²) in [6, 6.07) is 27.0. The van der Waals surface area contributed by atoms with Gasteiger partial charge in [0, 0.05) is 16.7 Å². The van der Waals surface area contributed by atoms with Gasteiger partial charge in [0.2, 0.25) is 0 Å². The van der Waals surface area contributed by atoms with Gasteiger partial charge in [0.15, 0.2) is 0 Å². The number of carbonyl (C=O) groups is 1. The van der Waals surface area contributed by atoms with Crippen molar-refractivity contribution in [2.75, 3.05) is 0 Å². The van der Waals surface area contributed by atoms with E-state index in [1.165, 1.54) is 12.1 Å². The summed E-state index contributed by atoms with van der Waals surface area (Å²) in [4.78, 5) is 17.6. The van der Waals surface area contributed by atoms with E-state index in [1.807, 2.05) is 68.4 Å². The summed E-state index contributed by atoms with van der Waals surface area (Å²) in [7, 11) is 0.